The first-order valence-corrected chi connectivity index (χ1v) is 11.1. The number of nitrogens with zero attached hydrogens (tertiary/aromatic N) is 4. The normalized spacial score (nSPS) is 16.2. The molecule has 0 unspecified atom stereocenters. The maximum absolute atomic E-state index is 13.5. The summed E-state index contributed by atoms with van der Waals surface area (Å²) < 4.78 is 30.1. The van der Waals surface area contributed by atoms with Gasteiger partial charge in [-0.3, -0.25) is 4.90 Å². The molecule has 0 aliphatic carbocycles. The molecule has 0 amide bonds. The van der Waals surface area contributed by atoms with Crippen molar-refractivity contribution in [2.24, 2.45) is 0 Å². The first kappa shape index (κ1) is 19.8. The fourth-order valence-electron chi connectivity index (χ4n) is 3.53. The quantitative estimate of drug-likeness (QED) is 0.668. The molecule has 3 aromatic rings. The van der Waals surface area contributed by atoms with E-state index >= 15 is 0 Å². The molecule has 1 aliphatic heterocycles. The smallest absolute Gasteiger partial charge is 0.246 e. The van der Waals surface area contributed by atoms with Crippen molar-refractivity contribution in [2.45, 2.75) is 4.90 Å². The molecule has 1 fully saturated rings. The Bertz CT molecular complexity index is 1040. The second-order valence-corrected chi connectivity index (χ2v) is 8.86. The summed E-state index contributed by atoms with van der Waals surface area (Å²) >= 11 is 0. The number of hydrogen-bond donors (Lipinski definition) is 1. The highest BCUT2D eigenvalue weighted by Crippen LogP contribution is 2.30. The van der Waals surface area contributed by atoms with Gasteiger partial charge >= 0.3 is 0 Å². The van der Waals surface area contributed by atoms with Gasteiger partial charge in [0.15, 0.2) is 0 Å². The van der Waals surface area contributed by atoms with Crippen LogP contribution >= 0.6 is 0 Å². The van der Waals surface area contributed by atoms with Crippen LogP contribution in [0.5, 0.6) is 0 Å². The van der Waals surface area contributed by atoms with Crippen molar-refractivity contribution in [3.63, 3.8) is 0 Å². The number of hydrogen-bond acceptors (Lipinski definition) is 5. The Balaban J connectivity index is 1.73. The van der Waals surface area contributed by atoms with Gasteiger partial charge in [-0.1, -0.05) is 48.5 Å². The van der Waals surface area contributed by atoms with Crippen molar-refractivity contribution in [2.75, 3.05) is 39.3 Å². The molecule has 152 valence electrons. The van der Waals surface area contributed by atoms with Crippen LogP contribution in [-0.4, -0.2) is 71.8 Å². The molecule has 0 radical (unpaired) electrons. The summed E-state index contributed by atoms with van der Waals surface area (Å²) in [5.74, 6) is 0. The Morgan fingerprint density at radius 2 is 1.52 bits per heavy atom. The third kappa shape index (κ3) is 4.11. The van der Waals surface area contributed by atoms with Gasteiger partial charge in [0.2, 0.25) is 10.0 Å². The van der Waals surface area contributed by atoms with E-state index in [1.54, 1.807) is 10.9 Å². The van der Waals surface area contributed by atoms with E-state index in [4.69, 9.17) is 5.11 Å². The van der Waals surface area contributed by atoms with Crippen molar-refractivity contribution < 1.29 is 13.5 Å². The molecular weight excluding hydrogens is 388 g/mol. The number of benzene rings is 2. The minimum Gasteiger partial charge on any atom is -0.395 e. The topological polar surface area (TPSA) is 78.7 Å². The molecule has 2 aromatic carbocycles. The van der Waals surface area contributed by atoms with Gasteiger partial charge in [0, 0.05) is 38.3 Å². The monoisotopic (exact) mass is 412 g/mol. The molecule has 0 spiro atoms. The van der Waals surface area contributed by atoms with E-state index in [9.17, 15) is 8.42 Å². The lowest BCUT2D eigenvalue weighted by atomic mass is 10.2. The van der Waals surface area contributed by atoms with E-state index in [-0.39, 0.29) is 11.5 Å². The van der Waals surface area contributed by atoms with Crippen LogP contribution in [0, 0.1) is 0 Å². The van der Waals surface area contributed by atoms with Gasteiger partial charge in [0.25, 0.3) is 0 Å². The summed E-state index contributed by atoms with van der Waals surface area (Å²) in [6.45, 7) is 2.64. The van der Waals surface area contributed by atoms with Crippen LogP contribution in [0.2, 0.25) is 0 Å². The van der Waals surface area contributed by atoms with E-state index in [2.05, 4.69) is 10.00 Å². The van der Waals surface area contributed by atoms with Crippen molar-refractivity contribution in [3.8, 4) is 16.9 Å². The van der Waals surface area contributed by atoms with Gasteiger partial charge in [0.1, 0.15) is 10.6 Å². The summed E-state index contributed by atoms with van der Waals surface area (Å²) in [5.41, 5.74) is 2.02. The van der Waals surface area contributed by atoms with E-state index in [1.165, 1.54) is 4.31 Å². The summed E-state index contributed by atoms with van der Waals surface area (Å²) in [6, 6.07) is 18.9. The summed E-state index contributed by atoms with van der Waals surface area (Å²) in [5, 5.41) is 13.7. The Morgan fingerprint density at radius 1 is 0.897 bits per heavy atom. The molecule has 0 bridgehead atoms. The molecule has 0 saturated carbocycles. The number of aromatic nitrogens is 2. The van der Waals surface area contributed by atoms with Crippen LogP contribution < -0.4 is 0 Å². The lowest BCUT2D eigenvalue weighted by molar-refractivity contribution is 0.151. The largest absolute Gasteiger partial charge is 0.395 e. The average molecular weight is 413 g/mol. The highest BCUT2D eigenvalue weighted by molar-refractivity contribution is 7.89. The molecule has 29 heavy (non-hydrogen) atoms. The van der Waals surface area contributed by atoms with Gasteiger partial charge in [-0.05, 0) is 12.1 Å². The van der Waals surface area contributed by atoms with Crippen LogP contribution in [-0.2, 0) is 10.0 Å². The molecule has 1 aliphatic rings. The zero-order valence-corrected chi connectivity index (χ0v) is 16.9. The maximum atomic E-state index is 13.5. The minimum atomic E-state index is -3.71. The average Bonchev–Trinajstić information content (AvgIpc) is 3.22. The van der Waals surface area contributed by atoms with Crippen LogP contribution in [0.15, 0.2) is 71.8 Å². The number of aliphatic hydroxyl groups is 1. The number of rotatable bonds is 6. The number of sulfonamides is 1. The van der Waals surface area contributed by atoms with Crippen LogP contribution in [0.4, 0.5) is 0 Å². The van der Waals surface area contributed by atoms with Gasteiger partial charge in [-0.15, -0.1) is 0 Å². The van der Waals surface area contributed by atoms with Gasteiger partial charge in [-0.25, -0.2) is 13.1 Å². The highest BCUT2D eigenvalue weighted by Gasteiger charge is 2.32. The molecule has 8 heteroatoms. The first-order chi connectivity index (χ1) is 14.1. The number of para-hydroxylation sites is 1. The SMILES string of the molecule is O=S(=O)(c1cn(-c2ccccc2)nc1-c1ccccc1)N1CCN(CCO)CC1. The van der Waals surface area contributed by atoms with Crippen molar-refractivity contribution in [1.29, 1.82) is 0 Å². The molecule has 0 atom stereocenters. The Labute approximate surface area is 170 Å². The van der Waals surface area contributed by atoms with E-state index in [0.717, 1.165) is 11.3 Å². The van der Waals surface area contributed by atoms with Gasteiger partial charge in [0.05, 0.1) is 18.5 Å². The Kier molecular flexibility index (Phi) is 5.77. The van der Waals surface area contributed by atoms with E-state index in [0.29, 0.717) is 38.4 Å². The Morgan fingerprint density at radius 3 is 2.14 bits per heavy atom. The lowest BCUT2D eigenvalue weighted by Gasteiger charge is -2.33. The molecule has 4 rings (SSSR count). The maximum Gasteiger partial charge on any atom is 0.246 e. The van der Waals surface area contributed by atoms with Crippen LogP contribution in [0.1, 0.15) is 0 Å². The number of aliphatic hydroxyl groups excluding tert-OH is 1. The summed E-state index contributed by atoms with van der Waals surface area (Å²) in [7, 11) is -3.71. The highest BCUT2D eigenvalue weighted by atomic mass is 32.2. The molecule has 2 heterocycles. The minimum absolute atomic E-state index is 0.0781. The van der Waals surface area contributed by atoms with Crippen LogP contribution in [0.25, 0.3) is 16.9 Å². The molecule has 1 aromatic heterocycles. The molecular formula is C21H24N4O3S. The lowest BCUT2D eigenvalue weighted by Crippen LogP contribution is -2.49. The van der Waals surface area contributed by atoms with Crippen molar-refractivity contribution in [1.82, 2.24) is 19.0 Å². The van der Waals surface area contributed by atoms with E-state index < -0.39 is 10.0 Å². The van der Waals surface area contributed by atoms with Gasteiger partial charge in [-0.2, -0.15) is 9.40 Å². The van der Waals surface area contributed by atoms with Crippen molar-refractivity contribution >= 4 is 10.0 Å². The van der Waals surface area contributed by atoms with Crippen LogP contribution in [0.3, 0.4) is 0 Å². The second-order valence-electron chi connectivity index (χ2n) is 6.96. The summed E-state index contributed by atoms with van der Waals surface area (Å²) in [4.78, 5) is 2.28. The molecule has 7 nitrogen and oxygen atoms in total. The number of piperazine rings is 1. The van der Waals surface area contributed by atoms with Gasteiger partial charge < -0.3 is 5.11 Å². The molecule has 1 saturated heterocycles. The van der Waals surface area contributed by atoms with E-state index in [1.807, 2.05) is 60.7 Å². The standard InChI is InChI=1S/C21H24N4O3S/c26-16-15-23-11-13-24(14-12-23)29(27,28)20-17-25(19-9-5-2-6-10-19)22-21(20)18-7-3-1-4-8-18/h1-10,17,26H,11-16H2. The number of β-amino-alcohol motifs (C(OH)–C–C–N with tert-alkyl or cyclic N) is 1. The predicted molar refractivity (Wildman–Crippen MR) is 111 cm³/mol. The summed E-state index contributed by atoms with van der Waals surface area (Å²) in [6.07, 6.45) is 1.60. The fraction of sp³-hybridized carbons (Fsp3) is 0.286. The zero-order valence-electron chi connectivity index (χ0n) is 16.1. The first-order valence-electron chi connectivity index (χ1n) is 9.63. The third-order valence-electron chi connectivity index (χ3n) is 5.11. The second kappa shape index (κ2) is 8.46. The predicted octanol–water partition coefficient (Wildman–Crippen LogP) is 1.84. The third-order valence-corrected chi connectivity index (χ3v) is 7.01. The Hall–Kier alpha value is -2.52. The fourth-order valence-corrected chi connectivity index (χ4v) is 5.09. The van der Waals surface area contributed by atoms with Crippen molar-refractivity contribution in [3.05, 3.63) is 66.9 Å². The zero-order chi connectivity index (χ0) is 20.3. The molecule has 1 N–H and O–H groups in total.